The van der Waals surface area contributed by atoms with E-state index in [9.17, 15) is 0 Å². The van der Waals surface area contributed by atoms with Gasteiger partial charge in [-0.2, -0.15) is 5.26 Å². The maximum atomic E-state index is 8.57. The van der Waals surface area contributed by atoms with Gasteiger partial charge in [-0.15, -0.1) is 0 Å². The molecule has 0 saturated carbocycles. The van der Waals surface area contributed by atoms with E-state index in [0.717, 1.165) is 22.1 Å². The van der Waals surface area contributed by atoms with E-state index in [2.05, 4.69) is 12.1 Å². The van der Waals surface area contributed by atoms with Gasteiger partial charge >= 0.3 is 0 Å². The van der Waals surface area contributed by atoms with Crippen LogP contribution in [-0.4, -0.2) is 7.11 Å². The number of nitrogens with two attached hydrogens (primary N) is 1. The number of ether oxygens (including phenoxy) is 1. The van der Waals surface area contributed by atoms with E-state index in [1.54, 1.807) is 7.11 Å². The predicted molar refractivity (Wildman–Crippen MR) is 72.3 cm³/mol. The van der Waals surface area contributed by atoms with E-state index >= 15 is 0 Å². The average molecular weight is 240 g/mol. The van der Waals surface area contributed by atoms with Crippen LogP contribution in [0.5, 0.6) is 5.75 Å². The third kappa shape index (κ3) is 2.61. The molecule has 0 heterocycles. The summed E-state index contributed by atoms with van der Waals surface area (Å²) in [6.07, 6.45) is 1.18. The number of hydrogen-bond acceptors (Lipinski definition) is 3. The Balaban J connectivity index is 2.30. The van der Waals surface area contributed by atoms with Gasteiger partial charge in [0, 0.05) is 12.5 Å². The summed E-state index contributed by atoms with van der Waals surface area (Å²) >= 11 is 0. The largest absolute Gasteiger partial charge is 0.497 e. The quantitative estimate of drug-likeness (QED) is 0.893. The van der Waals surface area contributed by atoms with Crippen LogP contribution in [0.4, 0.5) is 0 Å². The fourth-order valence-electron chi connectivity index (χ4n) is 1.99. The van der Waals surface area contributed by atoms with E-state index in [-0.39, 0.29) is 6.04 Å². The highest BCUT2D eigenvalue weighted by Gasteiger charge is 2.06. The van der Waals surface area contributed by atoms with Gasteiger partial charge in [0.25, 0.3) is 0 Å². The predicted octanol–water partition coefficient (Wildman–Crippen LogP) is 3.15. The molecule has 0 aliphatic carbocycles. The molecule has 0 saturated heterocycles. The van der Waals surface area contributed by atoms with Gasteiger partial charge in [0.15, 0.2) is 0 Å². The monoisotopic (exact) mass is 240 g/mol. The van der Waals surface area contributed by atoms with Crippen molar-refractivity contribution in [1.82, 2.24) is 0 Å². The molecule has 2 N–H and O–H groups in total. The van der Waals surface area contributed by atoms with Gasteiger partial charge in [0.1, 0.15) is 5.75 Å². The van der Waals surface area contributed by atoms with Crippen LogP contribution in [0, 0.1) is 11.3 Å². The van der Waals surface area contributed by atoms with Gasteiger partial charge in [0.05, 0.1) is 13.2 Å². The summed E-state index contributed by atoms with van der Waals surface area (Å²) in [5.41, 5.74) is 7.12. The molecular formula is C15H16N2O. The summed E-state index contributed by atoms with van der Waals surface area (Å²) in [6, 6.07) is 14.1. The van der Waals surface area contributed by atoms with Gasteiger partial charge in [-0.1, -0.05) is 18.2 Å². The molecule has 0 aliphatic rings. The molecule has 0 aliphatic heterocycles. The number of methoxy groups -OCH3 is 1. The van der Waals surface area contributed by atoms with E-state index in [1.165, 1.54) is 0 Å². The van der Waals surface area contributed by atoms with Crippen LogP contribution in [0.3, 0.4) is 0 Å². The molecule has 2 aromatic rings. The zero-order chi connectivity index (χ0) is 13.0. The van der Waals surface area contributed by atoms with Crippen LogP contribution in [0.15, 0.2) is 36.4 Å². The van der Waals surface area contributed by atoms with Gasteiger partial charge in [-0.25, -0.2) is 0 Å². The van der Waals surface area contributed by atoms with Crippen molar-refractivity contribution in [2.45, 2.75) is 18.9 Å². The van der Waals surface area contributed by atoms with Crippen LogP contribution < -0.4 is 10.5 Å². The second-order valence-electron chi connectivity index (χ2n) is 4.28. The van der Waals surface area contributed by atoms with Crippen molar-refractivity contribution in [2.24, 2.45) is 5.73 Å². The molecule has 0 radical (unpaired) electrons. The maximum absolute atomic E-state index is 8.57. The van der Waals surface area contributed by atoms with Crippen molar-refractivity contribution in [2.75, 3.05) is 7.11 Å². The highest BCUT2D eigenvalue weighted by Crippen LogP contribution is 2.25. The molecule has 0 aromatic heterocycles. The third-order valence-electron chi connectivity index (χ3n) is 3.07. The van der Waals surface area contributed by atoms with E-state index in [1.807, 2.05) is 30.3 Å². The van der Waals surface area contributed by atoms with Crippen LogP contribution in [0.1, 0.15) is 24.4 Å². The minimum absolute atomic E-state index is 0.0730. The molecule has 2 aromatic carbocycles. The topological polar surface area (TPSA) is 59.0 Å². The maximum Gasteiger partial charge on any atom is 0.119 e. The lowest BCUT2D eigenvalue weighted by Gasteiger charge is -2.11. The number of fused-ring (bicyclic) bond motifs is 1. The first-order chi connectivity index (χ1) is 8.74. The second kappa shape index (κ2) is 5.52. The first-order valence-electron chi connectivity index (χ1n) is 5.95. The number of benzene rings is 2. The molecule has 0 spiro atoms. The highest BCUT2D eigenvalue weighted by atomic mass is 16.5. The Hall–Kier alpha value is -2.05. The fraction of sp³-hybridized carbons (Fsp3) is 0.267. The van der Waals surface area contributed by atoms with Crippen LogP contribution >= 0.6 is 0 Å². The molecule has 3 heteroatoms. The Bertz CT molecular complexity index is 587. The minimum atomic E-state index is -0.0730. The smallest absolute Gasteiger partial charge is 0.119 e. The third-order valence-corrected chi connectivity index (χ3v) is 3.07. The highest BCUT2D eigenvalue weighted by molar-refractivity contribution is 5.84. The lowest BCUT2D eigenvalue weighted by atomic mass is 9.99. The van der Waals surface area contributed by atoms with Crippen molar-refractivity contribution in [3.8, 4) is 11.8 Å². The summed E-state index contributed by atoms with van der Waals surface area (Å²) in [5.74, 6) is 0.851. The molecule has 1 unspecified atom stereocenters. The van der Waals surface area contributed by atoms with Crippen molar-refractivity contribution < 1.29 is 4.74 Å². The molecule has 0 bridgehead atoms. The van der Waals surface area contributed by atoms with Crippen LogP contribution in [0.25, 0.3) is 10.8 Å². The molecule has 18 heavy (non-hydrogen) atoms. The lowest BCUT2D eigenvalue weighted by Crippen LogP contribution is -2.09. The summed E-state index contributed by atoms with van der Waals surface area (Å²) in [6.45, 7) is 0. The number of nitriles is 1. The second-order valence-corrected chi connectivity index (χ2v) is 4.28. The standard InChI is InChI=1S/C15H16N2O/c1-18-14-7-6-11-9-13(5-4-12(11)10-14)15(17)3-2-8-16/h4-7,9-10,15H,2-3,17H2,1H3. The summed E-state index contributed by atoms with van der Waals surface area (Å²) in [4.78, 5) is 0. The van der Waals surface area contributed by atoms with Gasteiger partial charge in [-0.3, -0.25) is 0 Å². The van der Waals surface area contributed by atoms with Gasteiger partial charge in [-0.05, 0) is 41.0 Å². The Morgan fingerprint density at radius 2 is 1.94 bits per heavy atom. The summed E-state index contributed by atoms with van der Waals surface area (Å²) in [7, 11) is 1.66. The van der Waals surface area contributed by atoms with Gasteiger partial charge in [0.2, 0.25) is 0 Å². The molecule has 2 rings (SSSR count). The van der Waals surface area contributed by atoms with E-state index < -0.39 is 0 Å². The number of rotatable bonds is 4. The van der Waals surface area contributed by atoms with Crippen molar-refractivity contribution in [3.05, 3.63) is 42.0 Å². The Labute approximate surface area is 107 Å². The van der Waals surface area contributed by atoms with Crippen molar-refractivity contribution in [3.63, 3.8) is 0 Å². The van der Waals surface area contributed by atoms with E-state index in [4.69, 9.17) is 15.7 Å². The van der Waals surface area contributed by atoms with Crippen LogP contribution in [0.2, 0.25) is 0 Å². The average Bonchev–Trinajstić information content (AvgIpc) is 2.43. The molecule has 1 atom stereocenters. The summed E-state index contributed by atoms with van der Waals surface area (Å²) < 4.78 is 5.19. The molecule has 3 nitrogen and oxygen atoms in total. The lowest BCUT2D eigenvalue weighted by molar-refractivity contribution is 0.415. The first kappa shape index (κ1) is 12.4. The van der Waals surface area contributed by atoms with Crippen molar-refractivity contribution in [1.29, 1.82) is 5.26 Å². The van der Waals surface area contributed by atoms with Gasteiger partial charge < -0.3 is 10.5 Å². The normalized spacial score (nSPS) is 12.1. The fourth-order valence-corrected chi connectivity index (χ4v) is 1.99. The Kier molecular flexibility index (Phi) is 3.81. The molecule has 92 valence electrons. The summed E-state index contributed by atoms with van der Waals surface area (Å²) in [5, 5.41) is 10.8. The van der Waals surface area contributed by atoms with Crippen molar-refractivity contribution >= 4 is 10.8 Å². The number of hydrogen-bond donors (Lipinski definition) is 1. The zero-order valence-electron chi connectivity index (χ0n) is 10.4. The van der Waals surface area contributed by atoms with E-state index in [0.29, 0.717) is 12.8 Å². The molecule has 0 fully saturated rings. The first-order valence-corrected chi connectivity index (χ1v) is 5.95. The SMILES string of the molecule is COc1ccc2cc(C(N)CCC#N)ccc2c1. The minimum Gasteiger partial charge on any atom is -0.497 e. The van der Waals surface area contributed by atoms with Crippen LogP contribution in [-0.2, 0) is 0 Å². The Morgan fingerprint density at radius 3 is 2.67 bits per heavy atom. The molecule has 0 amide bonds. The number of nitrogens with zero attached hydrogens (tertiary/aromatic N) is 1. The Morgan fingerprint density at radius 1 is 1.22 bits per heavy atom. The zero-order valence-corrected chi connectivity index (χ0v) is 10.4. The molecular weight excluding hydrogens is 224 g/mol.